The monoisotopic (exact) mass is 236 g/mol. The van der Waals surface area contributed by atoms with Gasteiger partial charge in [-0.25, -0.2) is 0 Å². The van der Waals surface area contributed by atoms with Crippen LogP contribution in [0.15, 0.2) is 0 Å². The molecule has 96 valence electrons. The Kier molecular flexibility index (Phi) is 5.60. The van der Waals surface area contributed by atoms with Gasteiger partial charge in [0, 0.05) is 13.2 Å². The van der Waals surface area contributed by atoms with Crippen molar-refractivity contribution in [3.05, 3.63) is 0 Å². The fourth-order valence-electron chi connectivity index (χ4n) is 1.75. The van der Waals surface area contributed by atoms with Crippen molar-refractivity contribution >= 4 is 0 Å². The largest absolute Gasteiger partial charge is 0.394 e. The summed E-state index contributed by atoms with van der Waals surface area (Å²) in [5, 5.41) is 28.7. The van der Waals surface area contributed by atoms with E-state index in [2.05, 4.69) is 0 Å². The molecule has 5 unspecified atom stereocenters. The van der Waals surface area contributed by atoms with Gasteiger partial charge < -0.3 is 29.5 Å². The molecule has 1 rings (SSSR count). The van der Waals surface area contributed by atoms with Gasteiger partial charge in [0.2, 0.25) is 0 Å². The van der Waals surface area contributed by atoms with Crippen molar-refractivity contribution in [2.24, 2.45) is 0 Å². The predicted molar refractivity (Wildman–Crippen MR) is 54.8 cm³/mol. The summed E-state index contributed by atoms with van der Waals surface area (Å²) in [6.45, 7) is 3.95. The SMILES string of the molecule is CCOC1OC(CO)C(OCC)C(O)C1O. The number of ether oxygens (including phenoxy) is 3. The third kappa shape index (κ3) is 2.91. The maximum Gasteiger partial charge on any atom is 0.186 e. The van der Waals surface area contributed by atoms with E-state index < -0.39 is 30.7 Å². The lowest BCUT2D eigenvalue weighted by Crippen LogP contribution is -2.60. The standard InChI is InChI=1S/C10H20O6/c1-3-14-9-6(5-11)16-10(15-4-2)8(13)7(9)12/h6-13H,3-5H2,1-2H3. The lowest BCUT2D eigenvalue weighted by atomic mass is 9.99. The van der Waals surface area contributed by atoms with Crippen LogP contribution in [0.2, 0.25) is 0 Å². The van der Waals surface area contributed by atoms with E-state index in [4.69, 9.17) is 19.3 Å². The second kappa shape index (κ2) is 6.48. The summed E-state index contributed by atoms with van der Waals surface area (Å²) >= 11 is 0. The van der Waals surface area contributed by atoms with Crippen LogP contribution >= 0.6 is 0 Å². The molecule has 0 aromatic rings. The van der Waals surface area contributed by atoms with Crippen LogP contribution in [0.1, 0.15) is 13.8 Å². The maximum absolute atomic E-state index is 9.82. The van der Waals surface area contributed by atoms with Crippen LogP contribution in [0.25, 0.3) is 0 Å². The molecule has 0 saturated carbocycles. The van der Waals surface area contributed by atoms with Gasteiger partial charge in [0.15, 0.2) is 6.29 Å². The van der Waals surface area contributed by atoms with Gasteiger partial charge >= 0.3 is 0 Å². The van der Waals surface area contributed by atoms with E-state index in [0.717, 1.165) is 0 Å². The molecule has 1 saturated heterocycles. The van der Waals surface area contributed by atoms with E-state index in [1.54, 1.807) is 13.8 Å². The summed E-state index contributed by atoms with van der Waals surface area (Å²) in [5.41, 5.74) is 0. The van der Waals surface area contributed by atoms with E-state index in [-0.39, 0.29) is 6.61 Å². The zero-order valence-corrected chi connectivity index (χ0v) is 9.57. The Hall–Kier alpha value is -0.240. The fourth-order valence-corrected chi connectivity index (χ4v) is 1.75. The van der Waals surface area contributed by atoms with E-state index in [1.807, 2.05) is 0 Å². The molecule has 0 amide bonds. The number of hydrogen-bond donors (Lipinski definition) is 3. The summed E-state index contributed by atoms with van der Waals surface area (Å²) in [4.78, 5) is 0. The summed E-state index contributed by atoms with van der Waals surface area (Å²) in [7, 11) is 0. The quantitative estimate of drug-likeness (QED) is 0.559. The Morgan fingerprint density at radius 2 is 1.69 bits per heavy atom. The smallest absolute Gasteiger partial charge is 0.186 e. The molecule has 3 N–H and O–H groups in total. The first kappa shape index (κ1) is 13.8. The van der Waals surface area contributed by atoms with Gasteiger partial charge in [0.25, 0.3) is 0 Å². The van der Waals surface area contributed by atoms with Crippen molar-refractivity contribution in [2.75, 3.05) is 19.8 Å². The molecule has 0 spiro atoms. The van der Waals surface area contributed by atoms with Crippen LogP contribution in [0, 0.1) is 0 Å². The molecule has 1 aliphatic rings. The molecule has 6 nitrogen and oxygen atoms in total. The Morgan fingerprint density at radius 3 is 2.19 bits per heavy atom. The normalized spacial score (nSPS) is 39.9. The first-order valence-electron chi connectivity index (χ1n) is 5.51. The zero-order chi connectivity index (χ0) is 12.1. The molecule has 1 aliphatic heterocycles. The average Bonchev–Trinajstić information content (AvgIpc) is 2.29. The lowest BCUT2D eigenvalue weighted by molar-refractivity contribution is -0.306. The maximum atomic E-state index is 9.82. The van der Waals surface area contributed by atoms with Gasteiger partial charge in [-0.2, -0.15) is 0 Å². The van der Waals surface area contributed by atoms with Gasteiger partial charge in [-0.3, -0.25) is 0 Å². The molecular formula is C10H20O6. The highest BCUT2D eigenvalue weighted by Crippen LogP contribution is 2.24. The minimum atomic E-state index is -1.17. The van der Waals surface area contributed by atoms with Gasteiger partial charge in [-0.15, -0.1) is 0 Å². The Labute approximate surface area is 94.7 Å². The van der Waals surface area contributed by atoms with E-state index in [0.29, 0.717) is 13.2 Å². The fraction of sp³-hybridized carbons (Fsp3) is 1.00. The second-order valence-corrected chi connectivity index (χ2v) is 3.58. The number of rotatable bonds is 5. The molecule has 1 fully saturated rings. The zero-order valence-electron chi connectivity index (χ0n) is 9.57. The number of aliphatic hydroxyl groups is 3. The van der Waals surface area contributed by atoms with Gasteiger partial charge in [-0.1, -0.05) is 0 Å². The van der Waals surface area contributed by atoms with Crippen molar-refractivity contribution in [1.29, 1.82) is 0 Å². The molecule has 0 aromatic carbocycles. The van der Waals surface area contributed by atoms with Crippen molar-refractivity contribution in [2.45, 2.75) is 44.6 Å². The topological polar surface area (TPSA) is 88.4 Å². The van der Waals surface area contributed by atoms with Crippen LogP contribution in [-0.4, -0.2) is 65.8 Å². The van der Waals surface area contributed by atoms with Crippen LogP contribution < -0.4 is 0 Å². The molecule has 6 heteroatoms. The molecule has 1 heterocycles. The molecular weight excluding hydrogens is 216 g/mol. The Morgan fingerprint density at radius 1 is 1.06 bits per heavy atom. The number of aliphatic hydroxyl groups excluding tert-OH is 3. The van der Waals surface area contributed by atoms with E-state index >= 15 is 0 Å². The summed E-state index contributed by atoms with van der Waals surface area (Å²) in [6.07, 6.45) is -4.63. The van der Waals surface area contributed by atoms with Gasteiger partial charge in [0.1, 0.15) is 24.4 Å². The van der Waals surface area contributed by atoms with E-state index in [1.165, 1.54) is 0 Å². The van der Waals surface area contributed by atoms with Gasteiger partial charge in [0.05, 0.1) is 6.61 Å². The summed E-state index contributed by atoms with van der Waals surface area (Å²) in [6, 6.07) is 0. The first-order chi connectivity index (χ1) is 7.65. The lowest BCUT2D eigenvalue weighted by Gasteiger charge is -2.41. The highest BCUT2D eigenvalue weighted by Gasteiger charge is 2.45. The molecule has 16 heavy (non-hydrogen) atoms. The van der Waals surface area contributed by atoms with Crippen molar-refractivity contribution in [3.8, 4) is 0 Å². The molecule has 0 aliphatic carbocycles. The molecule has 0 aromatic heterocycles. The molecule has 5 atom stereocenters. The van der Waals surface area contributed by atoms with Crippen molar-refractivity contribution < 1.29 is 29.5 Å². The minimum Gasteiger partial charge on any atom is -0.394 e. The van der Waals surface area contributed by atoms with Crippen LogP contribution in [0.5, 0.6) is 0 Å². The Bertz CT molecular complexity index is 198. The van der Waals surface area contributed by atoms with Gasteiger partial charge in [-0.05, 0) is 13.8 Å². The highest BCUT2D eigenvalue weighted by atomic mass is 16.7. The van der Waals surface area contributed by atoms with Crippen LogP contribution in [0.4, 0.5) is 0 Å². The van der Waals surface area contributed by atoms with E-state index in [9.17, 15) is 10.2 Å². The third-order valence-corrected chi connectivity index (χ3v) is 2.51. The second-order valence-electron chi connectivity index (χ2n) is 3.58. The molecule has 0 bridgehead atoms. The van der Waals surface area contributed by atoms with Crippen molar-refractivity contribution in [3.63, 3.8) is 0 Å². The summed E-state index contributed by atoms with van der Waals surface area (Å²) in [5.74, 6) is 0. The van der Waals surface area contributed by atoms with Crippen molar-refractivity contribution in [1.82, 2.24) is 0 Å². The number of hydrogen-bond acceptors (Lipinski definition) is 6. The molecule has 0 radical (unpaired) electrons. The Balaban J connectivity index is 2.68. The first-order valence-corrected chi connectivity index (χ1v) is 5.51. The third-order valence-electron chi connectivity index (χ3n) is 2.51. The highest BCUT2D eigenvalue weighted by molar-refractivity contribution is 4.90. The predicted octanol–water partition coefficient (Wildman–Crippen LogP) is -1.13. The van der Waals surface area contributed by atoms with Crippen LogP contribution in [-0.2, 0) is 14.2 Å². The average molecular weight is 236 g/mol. The van der Waals surface area contributed by atoms with Crippen LogP contribution in [0.3, 0.4) is 0 Å². The summed E-state index contributed by atoms with van der Waals surface area (Å²) < 4.78 is 15.7. The minimum absolute atomic E-state index is 0.294.